The van der Waals surface area contributed by atoms with Gasteiger partial charge in [0.05, 0.1) is 6.54 Å². The van der Waals surface area contributed by atoms with E-state index in [1.165, 1.54) is 17.0 Å². The lowest BCUT2D eigenvalue weighted by atomic mass is 10.4. The van der Waals surface area contributed by atoms with Crippen LogP contribution in [0.4, 0.5) is 13.2 Å². The SMILES string of the molecule is C=CCn1ccc(C(F)(F)F)n1. The van der Waals surface area contributed by atoms with E-state index < -0.39 is 11.9 Å². The number of alkyl halides is 3. The van der Waals surface area contributed by atoms with Crippen LogP contribution in [0.25, 0.3) is 0 Å². The molecular weight excluding hydrogens is 169 g/mol. The summed E-state index contributed by atoms with van der Waals surface area (Å²) in [5.74, 6) is 0. The van der Waals surface area contributed by atoms with Gasteiger partial charge in [0.1, 0.15) is 0 Å². The zero-order chi connectivity index (χ0) is 9.19. The fourth-order valence-electron chi connectivity index (χ4n) is 0.747. The van der Waals surface area contributed by atoms with Gasteiger partial charge in [0.15, 0.2) is 5.69 Å². The summed E-state index contributed by atoms with van der Waals surface area (Å²) in [6, 6.07) is 0.934. The second-order valence-corrected chi connectivity index (χ2v) is 2.21. The Labute approximate surface area is 67.3 Å². The highest BCUT2D eigenvalue weighted by Gasteiger charge is 2.33. The van der Waals surface area contributed by atoms with Gasteiger partial charge in [-0.25, -0.2) is 0 Å². The molecule has 0 aliphatic heterocycles. The van der Waals surface area contributed by atoms with Crippen LogP contribution in [0, 0.1) is 0 Å². The van der Waals surface area contributed by atoms with E-state index >= 15 is 0 Å². The lowest BCUT2D eigenvalue weighted by Gasteiger charge is -2.00. The van der Waals surface area contributed by atoms with E-state index in [1.54, 1.807) is 0 Å². The fourth-order valence-corrected chi connectivity index (χ4v) is 0.747. The van der Waals surface area contributed by atoms with Gasteiger partial charge in [-0.2, -0.15) is 18.3 Å². The minimum atomic E-state index is -4.35. The third kappa shape index (κ3) is 1.87. The highest BCUT2D eigenvalue weighted by Crippen LogP contribution is 2.27. The van der Waals surface area contributed by atoms with Gasteiger partial charge in [0.25, 0.3) is 0 Å². The van der Waals surface area contributed by atoms with Crippen molar-refractivity contribution in [2.45, 2.75) is 12.7 Å². The van der Waals surface area contributed by atoms with Crippen LogP contribution in [0.2, 0.25) is 0 Å². The second-order valence-electron chi connectivity index (χ2n) is 2.21. The van der Waals surface area contributed by atoms with E-state index in [1.807, 2.05) is 0 Å². The molecule has 0 atom stereocenters. The molecule has 0 aliphatic carbocycles. The van der Waals surface area contributed by atoms with Crippen molar-refractivity contribution in [3.05, 3.63) is 30.6 Å². The molecule has 0 radical (unpaired) electrons. The third-order valence-electron chi connectivity index (χ3n) is 1.25. The lowest BCUT2D eigenvalue weighted by Crippen LogP contribution is -2.07. The summed E-state index contributed by atoms with van der Waals surface area (Å²) in [6.07, 6.45) is -1.61. The zero-order valence-electron chi connectivity index (χ0n) is 6.17. The zero-order valence-corrected chi connectivity index (χ0v) is 6.17. The van der Waals surface area contributed by atoms with Gasteiger partial charge in [-0.3, -0.25) is 4.68 Å². The number of nitrogens with zero attached hydrogens (tertiary/aromatic N) is 2. The summed E-state index contributed by atoms with van der Waals surface area (Å²) >= 11 is 0. The van der Waals surface area contributed by atoms with Crippen molar-refractivity contribution in [2.24, 2.45) is 0 Å². The molecular formula is C7H7F3N2. The number of hydrogen-bond acceptors (Lipinski definition) is 1. The Morgan fingerprint density at radius 3 is 2.67 bits per heavy atom. The number of hydrogen-bond donors (Lipinski definition) is 0. The van der Waals surface area contributed by atoms with E-state index in [0.717, 1.165) is 6.07 Å². The molecule has 1 aromatic rings. The highest BCUT2D eigenvalue weighted by atomic mass is 19.4. The average molecular weight is 176 g/mol. The maximum atomic E-state index is 11.9. The molecule has 0 unspecified atom stereocenters. The molecule has 0 bridgehead atoms. The lowest BCUT2D eigenvalue weighted by molar-refractivity contribution is -0.141. The van der Waals surface area contributed by atoms with E-state index in [0.29, 0.717) is 0 Å². The molecule has 1 rings (SSSR count). The van der Waals surface area contributed by atoms with Gasteiger partial charge in [0.2, 0.25) is 0 Å². The summed E-state index contributed by atoms with van der Waals surface area (Å²) < 4.78 is 37.0. The van der Waals surface area contributed by atoms with Crippen LogP contribution < -0.4 is 0 Å². The van der Waals surface area contributed by atoms with Crippen molar-refractivity contribution in [3.8, 4) is 0 Å². The Morgan fingerprint density at radius 2 is 2.25 bits per heavy atom. The molecule has 0 saturated carbocycles. The molecule has 0 amide bonds. The van der Waals surface area contributed by atoms with Crippen LogP contribution in [0.1, 0.15) is 5.69 Å². The summed E-state index contributed by atoms with van der Waals surface area (Å²) in [5, 5.41) is 3.29. The number of aromatic nitrogens is 2. The molecule has 12 heavy (non-hydrogen) atoms. The maximum Gasteiger partial charge on any atom is 0.435 e. The largest absolute Gasteiger partial charge is 0.435 e. The Kier molecular flexibility index (Phi) is 2.21. The minimum absolute atomic E-state index is 0.288. The maximum absolute atomic E-state index is 11.9. The van der Waals surface area contributed by atoms with Crippen molar-refractivity contribution in [1.82, 2.24) is 9.78 Å². The molecule has 5 heteroatoms. The quantitative estimate of drug-likeness (QED) is 0.631. The Balaban J connectivity index is 2.84. The molecule has 0 saturated heterocycles. The molecule has 0 N–H and O–H groups in total. The molecule has 66 valence electrons. The van der Waals surface area contributed by atoms with E-state index in [-0.39, 0.29) is 6.54 Å². The van der Waals surface area contributed by atoms with Crippen molar-refractivity contribution in [1.29, 1.82) is 0 Å². The van der Waals surface area contributed by atoms with Crippen LogP contribution >= 0.6 is 0 Å². The molecule has 0 aliphatic rings. The number of halogens is 3. The monoisotopic (exact) mass is 176 g/mol. The van der Waals surface area contributed by atoms with Crippen molar-refractivity contribution in [2.75, 3.05) is 0 Å². The molecule has 1 aromatic heterocycles. The Bertz CT molecular complexity index is 274. The van der Waals surface area contributed by atoms with Crippen LogP contribution in [-0.2, 0) is 12.7 Å². The van der Waals surface area contributed by atoms with Crippen LogP contribution in [0.15, 0.2) is 24.9 Å². The second kappa shape index (κ2) is 3.00. The highest BCUT2D eigenvalue weighted by molar-refractivity contribution is 5.03. The van der Waals surface area contributed by atoms with Crippen LogP contribution in [0.3, 0.4) is 0 Å². The smallest absolute Gasteiger partial charge is 0.268 e. The first kappa shape index (κ1) is 8.83. The van der Waals surface area contributed by atoms with Gasteiger partial charge in [-0.05, 0) is 6.07 Å². The predicted molar refractivity (Wildman–Crippen MR) is 37.4 cm³/mol. The summed E-state index contributed by atoms with van der Waals surface area (Å²) in [7, 11) is 0. The van der Waals surface area contributed by atoms with Crippen LogP contribution in [0.5, 0.6) is 0 Å². The molecule has 1 heterocycles. The van der Waals surface area contributed by atoms with Gasteiger partial charge >= 0.3 is 6.18 Å². The fraction of sp³-hybridized carbons (Fsp3) is 0.286. The standard InChI is InChI=1S/C7H7F3N2/c1-2-4-12-5-3-6(11-12)7(8,9)10/h2-3,5H,1,4H2. The Hall–Kier alpha value is -1.26. The number of allylic oxidation sites excluding steroid dienone is 1. The van der Waals surface area contributed by atoms with E-state index in [9.17, 15) is 13.2 Å². The van der Waals surface area contributed by atoms with Crippen LogP contribution in [-0.4, -0.2) is 9.78 Å². The van der Waals surface area contributed by atoms with Gasteiger partial charge in [-0.15, -0.1) is 6.58 Å². The van der Waals surface area contributed by atoms with E-state index in [2.05, 4.69) is 11.7 Å². The predicted octanol–water partition coefficient (Wildman–Crippen LogP) is 2.09. The summed E-state index contributed by atoms with van der Waals surface area (Å²) in [5.41, 5.74) is -0.871. The molecule has 2 nitrogen and oxygen atoms in total. The summed E-state index contributed by atoms with van der Waals surface area (Å²) in [4.78, 5) is 0. The summed E-state index contributed by atoms with van der Waals surface area (Å²) in [6.45, 7) is 3.67. The van der Waals surface area contributed by atoms with Gasteiger partial charge in [0, 0.05) is 6.20 Å². The topological polar surface area (TPSA) is 17.8 Å². The van der Waals surface area contributed by atoms with Gasteiger partial charge < -0.3 is 0 Å². The third-order valence-corrected chi connectivity index (χ3v) is 1.25. The first-order chi connectivity index (χ1) is 5.54. The number of rotatable bonds is 2. The van der Waals surface area contributed by atoms with Gasteiger partial charge in [-0.1, -0.05) is 6.08 Å². The van der Waals surface area contributed by atoms with Crippen molar-refractivity contribution in [3.63, 3.8) is 0 Å². The molecule has 0 spiro atoms. The minimum Gasteiger partial charge on any atom is -0.268 e. The van der Waals surface area contributed by atoms with Crippen molar-refractivity contribution >= 4 is 0 Å². The normalized spacial score (nSPS) is 11.6. The van der Waals surface area contributed by atoms with E-state index in [4.69, 9.17) is 0 Å². The first-order valence-electron chi connectivity index (χ1n) is 3.25. The Morgan fingerprint density at radius 1 is 1.58 bits per heavy atom. The average Bonchev–Trinajstić information content (AvgIpc) is 2.35. The molecule has 0 fully saturated rings. The first-order valence-corrected chi connectivity index (χ1v) is 3.25. The van der Waals surface area contributed by atoms with Crippen molar-refractivity contribution < 1.29 is 13.2 Å². The molecule has 0 aromatic carbocycles.